The highest BCUT2D eigenvalue weighted by Gasteiger charge is 2.15. The van der Waals surface area contributed by atoms with Crippen molar-refractivity contribution in [3.63, 3.8) is 0 Å². The first kappa shape index (κ1) is 17.5. The van der Waals surface area contributed by atoms with Crippen molar-refractivity contribution < 1.29 is 9.53 Å². The molecule has 1 amide bonds. The number of amides is 1. The van der Waals surface area contributed by atoms with E-state index in [1.807, 2.05) is 31.2 Å². The Bertz CT molecular complexity index is 1220. The molecule has 0 unspecified atom stereocenters. The quantitative estimate of drug-likeness (QED) is 0.591. The number of hydrogen-bond donors (Lipinski definition) is 1. The summed E-state index contributed by atoms with van der Waals surface area (Å²) in [7, 11) is 1.48. The minimum atomic E-state index is -0.480. The fourth-order valence-corrected chi connectivity index (χ4v) is 2.87. The molecule has 0 spiro atoms. The maximum absolute atomic E-state index is 12.8. The Morgan fingerprint density at radius 3 is 2.61 bits per heavy atom. The van der Waals surface area contributed by atoms with Gasteiger partial charge in [0.25, 0.3) is 11.5 Å². The zero-order valence-electron chi connectivity index (χ0n) is 15.3. The molecular weight excluding hydrogens is 358 g/mol. The number of fused-ring (bicyclic) bond motifs is 1. The van der Waals surface area contributed by atoms with Crippen LogP contribution in [-0.4, -0.2) is 32.5 Å². The van der Waals surface area contributed by atoms with Crippen molar-refractivity contribution in [3.05, 3.63) is 82.5 Å². The summed E-state index contributed by atoms with van der Waals surface area (Å²) in [6, 6.07) is 14.5. The van der Waals surface area contributed by atoms with E-state index in [2.05, 4.69) is 15.5 Å². The second-order valence-corrected chi connectivity index (χ2v) is 6.19. The molecule has 0 aliphatic heterocycles. The lowest BCUT2D eigenvalue weighted by molar-refractivity contribution is 0.100. The lowest BCUT2D eigenvalue weighted by atomic mass is 10.2. The van der Waals surface area contributed by atoms with Gasteiger partial charge in [0.05, 0.1) is 24.6 Å². The molecule has 2 aromatic carbocycles. The molecule has 4 rings (SSSR count). The van der Waals surface area contributed by atoms with Crippen LogP contribution in [0.15, 0.2) is 65.8 Å². The topological polar surface area (TPSA) is 91.0 Å². The number of carbonyl (C=O) groups is 1. The van der Waals surface area contributed by atoms with Gasteiger partial charge in [-0.25, -0.2) is 14.3 Å². The van der Waals surface area contributed by atoms with Gasteiger partial charge in [0.1, 0.15) is 17.5 Å². The van der Waals surface area contributed by atoms with Crippen molar-refractivity contribution in [1.29, 1.82) is 0 Å². The van der Waals surface area contributed by atoms with Gasteiger partial charge in [0.15, 0.2) is 5.65 Å². The molecule has 8 nitrogen and oxygen atoms in total. The number of nitrogens with zero attached hydrogens (tertiary/aromatic N) is 4. The number of rotatable bonds is 4. The Balaban J connectivity index is 1.70. The van der Waals surface area contributed by atoms with Gasteiger partial charge in [0, 0.05) is 0 Å². The van der Waals surface area contributed by atoms with Crippen molar-refractivity contribution in [2.24, 2.45) is 0 Å². The summed E-state index contributed by atoms with van der Waals surface area (Å²) in [6.07, 6.45) is 2.71. The molecule has 1 N–H and O–H groups in total. The van der Waals surface area contributed by atoms with Gasteiger partial charge in [-0.15, -0.1) is 0 Å². The molecule has 2 aromatic heterocycles. The third-order valence-electron chi connectivity index (χ3n) is 4.34. The fourth-order valence-electron chi connectivity index (χ4n) is 2.87. The van der Waals surface area contributed by atoms with Gasteiger partial charge in [-0.2, -0.15) is 5.10 Å². The SMILES string of the molecule is COc1ccccc1C(=O)Nn1cnc2c(cnn2-c2ccc(C)cc2)c1=O. The van der Waals surface area contributed by atoms with Gasteiger partial charge in [-0.1, -0.05) is 29.8 Å². The number of nitrogens with one attached hydrogen (secondary N) is 1. The monoisotopic (exact) mass is 375 g/mol. The number of benzene rings is 2. The standard InChI is InChI=1S/C20H17N5O3/c1-13-7-9-14(10-8-13)25-18-16(11-22-25)20(27)24(12-21-18)23-19(26)15-5-3-4-6-17(15)28-2/h3-12H,1-2H3,(H,23,26). The fraction of sp³-hybridized carbons (Fsp3) is 0.100. The molecule has 4 aromatic rings. The lowest BCUT2D eigenvalue weighted by Crippen LogP contribution is -2.33. The van der Waals surface area contributed by atoms with Gasteiger partial charge >= 0.3 is 0 Å². The van der Waals surface area contributed by atoms with Crippen LogP contribution >= 0.6 is 0 Å². The number of para-hydroxylation sites is 1. The Labute approximate surface area is 160 Å². The van der Waals surface area contributed by atoms with Crippen LogP contribution in [0.2, 0.25) is 0 Å². The highest BCUT2D eigenvalue weighted by Crippen LogP contribution is 2.17. The summed E-state index contributed by atoms with van der Waals surface area (Å²) in [6.45, 7) is 1.99. The Morgan fingerprint density at radius 1 is 1.11 bits per heavy atom. The molecule has 0 bridgehead atoms. The highest BCUT2D eigenvalue weighted by atomic mass is 16.5. The summed E-state index contributed by atoms with van der Waals surface area (Å²) in [5.74, 6) is -0.0686. The van der Waals surface area contributed by atoms with E-state index >= 15 is 0 Å². The van der Waals surface area contributed by atoms with Crippen LogP contribution in [0.5, 0.6) is 5.75 Å². The van der Waals surface area contributed by atoms with E-state index in [-0.39, 0.29) is 0 Å². The first-order valence-corrected chi connectivity index (χ1v) is 8.55. The molecule has 140 valence electrons. The first-order valence-electron chi connectivity index (χ1n) is 8.55. The average Bonchev–Trinajstić information content (AvgIpc) is 3.15. The second-order valence-electron chi connectivity index (χ2n) is 6.19. The van der Waals surface area contributed by atoms with Crippen LogP contribution in [0.4, 0.5) is 0 Å². The van der Waals surface area contributed by atoms with E-state index in [0.29, 0.717) is 22.3 Å². The molecule has 0 aliphatic carbocycles. The van der Waals surface area contributed by atoms with E-state index in [0.717, 1.165) is 15.9 Å². The van der Waals surface area contributed by atoms with Gasteiger partial charge < -0.3 is 4.74 Å². The smallest absolute Gasteiger partial charge is 0.283 e. The zero-order valence-corrected chi connectivity index (χ0v) is 15.3. The van der Waals surface area contributed by atoms with Crippen molar-refractivity contribution >= 4 is 16.9 Å². The minimum Gasteiger partial charge on any atom is -0.496 e. The van der Waals surface area contributed by atoms with E-state index in [9.17, 15) is 9.59 Å². The maximum Gasteiger partial charge on any atom is 0.283 e. The predicted molar refractivity (Wildman–Crippen MR) is 105 cm³/mol. The third kappa shape index (κ3) is 3.01. The van der Waals surface area contributed by atoms with E-state index in [4.69, 9.17) is 4.74 Å². The normalized spacial score (nSPS) is 10.8. The highest BCUT2D eigenvalue weighted by molar-refractivity contribution is 6.02. The number of aryl methyl sites for hydroxylation is 1. The zero-order chi connectivity index (χ0) is 19.7. The summed E-state index contributed by atoms with van der Waals surface area (Å²) < 4.78 is 7.81. The van der Waals surface area contributed by atoms with Crippen molar-refractivity contribution in [3.8, 4) is 11.4 Å². The van der Waals surface area contributed by atoms with Crippen LogP contribution in [0.1, 0.15) is 15.9 Å². The molecule has 0 atom stereocenters. The number of aromatic nitrogens is 4. The van der Waals surface area contributed by atoms with Crippen LogP contribution in [0.3, 0.4) is 0 Å². The molecule has 2 heterocycles. The summed E-state index contributed by atoms with van der Waals surface area (Å²) >= 11 is 0. The molecule has 0 saturated carbocycles. The van der Waals surface area contributed by atoms with Crippen LogP contribution in [0.25, 0.3) is 16.7 Å². The second kappa shape index (κ2) is 6.99. The number of carbonyl (C=O) groups excluding carboxylic acids is 1. The number of methoxy groups -OCH3 is 1. The van der Waals surface area contributed by atoms with Crippen LogP contribution in [-0.2, 0) is 0 Å². The van der Waals surface area contributed by atoms with Gasteiger partial charge in [-0.05, 0) is 31.2 Å². The third-order valence-corrected chi connectivity index (χ3v) is 4.34. The Kier molecular flexibility index (Phi) is 4.36. The molecule has 0 radical (unpaired) electrons. The molecule has 0 fully saturated rings. The maximum atomic E-state index is 12.8. The summed E-state index contributed by atoms with van der Waals surface area (Å²) in [5.41, 5.74) is 4.75. The summed E-state index contributed by atoms with van der Waals surface area (Å²) in [5, 5.41) is 4.56. The first-order chi connectivity index (χ1) is 13.6. The Morgan fingerprint density at radius 2 is 1.86 bits per heavy atom. The number of ether oxygens (including phenoxy) is 1. The lowest BCUT2D eigenvalue weighted by Gasteiger charge is -2.10. The van der Waals surface area contributed by atoms with E-state index in [1.54, 1.807) is 28.9 Å². The molecule has 0 aliphatic rings. The molecular formula is C20H17N5O3. The largest absolute Gasteiger partial charge is 0.496 e. The molecule has 8 heteroatoms. The van der Waals surface area contributed by atoms with Gasteiger partial charge in [0.2, 0.25) is 0 Å². The Hall–Kier alpha value is -3.94. The summed E-state index contributed by atoms with van der Waals surface area (Å²) in [4.78, 5) is 29.6. The van der Waals surface area contributed by atoms with Crippen molar-refractivity contribution in [2.75, 3.05) is 12.5 Å². The molecule has 28 heavy (non-hydrogen) atoms. The molecule has 0 saturated heterocycles. The van der Waals surface area contributed by atoms with Crippen LogP contribution < -0.4 is 15.7 Å². The van der Waals surface area contributed by atoms with Crippen LogP contribution in [0, 0.1) is 6.92 Å². The van der Waals surface area contributed by atoms with E-state index < -0.39 is 11.5 Å². The van der Waals surface area contributed by atoms with Gasteiger partial charge in [-0.3, -0.25) is 15.0 Å². The predicted octanol–water partition coefficient (Wildman–Crippen LogP) is 2.28. The van der Waals surface area contributed by atoms with E-state index in [1.165, 1.54) is 19.6 Å². The average molecular weight is 375 g/mol. The van der Waals surface area contributed by atoms with Crippen molar-refractivity contribution in [2.45, 2.75) is 6.92 Å². The number of hydrogen-bond acceptors (Lipinski definition) is 5. The van der Waals surface area contributed by atoms with Crippen molar-refractivity contribution in [1.82, 2.24) is 19.4 Å². The minimum absolute atomic E-state index is 0.295.